The number of hydrogen-bond donors (Lipinski definition) is 1. The van der Waals surface area contributed by atoms with Gasteiger partial charge in [-0.25, -0.2) is 8.42 Å². The number of sulfone groups is 1. The van der Waals surface area contributed by atoms with Crippen LogP contribution < -0.4 is 5.73 Å². The average Bonchev–Trinajstić information content (AvgIpc) is 3.00. The molecule has 1 aromatic carbocycles. The number of benzene rings is 1. The van der Waals surface area contributed by atoms with Gasteiger partial charge in [0.05, 0.1) is 10.1 Å². The molecule has 5 heteroatoms. The van der Waals surface area contributed by atoms with Crippen LogP contribution in [0.5, 0.6) is 0 Å². The van der Waals surface area contributed by atoms with Gasteiger partial charge in [-0.1, -0.05) is 0 Å². The monoisotopic (exact) mass is 225 g/mol. The number of carbonyl (C=O) groups excluding carboxylic acids is 1. The van der Waals surface area contributed by atoms with E-state index in [0.717, 1.165) is 12.8 Å². The van der Waals surface area contributed by atoms with Crippen molar-refractivity contribution < 1.29 is 13.2 Å². The Hall–Kier alpha value is -1.36. The molecule has 0 heterocycles. The van der Waals surface area contributed by atoms with E-state index in [4.69, 9.17) is 5.73 Å². The standard InChI is InChI=1S/C10H11NO3S/c11-10-5-9(2-1-7(10)6-12)15(13,14)8-3-4-8/h1-2,5-6,8H,3-4,11H2. The molecular formula is C10H11NO3S. The third-order valence-corrected chi connectivity index (χ3v) is 4.74. The Morgan fingerprint density at radius 3 is 2.47 bits per heavy atom. The van der Waals surface area contributed by atoms with E-state index < -0.39 is 9.84 Å². The van der Waals surface area contributed by atoms with Gasteiger partial charge in [0.2, 0.25) is 0 Å². The van der Waals surface area contributed by atoms with Crippen LogP contribution in [-0.2, 0) is 9.84 Å². The van der Waals surface area contributed by atoms with Crippen LogP contribution in [0.25, 0.3) is 0 Å². The minimum Gasteiger partial charge on any atom is -0.398 e. The lowest BCUT2D eigenvalue weighted by Gasteiger charge is -2.04. The summed E-state index contributed by atoms with van der Waals surface area (Å²) in [6, 6.07) is 4.24. The van der Waals surface area contributed by atoms with Crippen molar-refractivity contribution in [2.45, 2.75) is 23.0 Å². The van der Waals surface area contributed by atoms with E-state index in [-0.39, 0.29) is 15.8 Å². The number of aldehydes is 1. The van der Waals surface area contributed by atoms with E-state index in [1.807, 2.05) is 0 Å². The summed E-state index contributed by atoms with van der Waals surface area (Å²) < 4.78 is 23.6. The minimum atomic E-state index is -3.21. The maximum Gasteiger partial charge on any atom is 0.181 e. The fourth-order valence-electron chi connectivity index (χ4n) is 1.41. The van der Waals surface area contributed by atoms with Gasteiger partial charge in [0.1, 0.15) is 0 Å². The molecule has 15 heavy (non-hydrogen) atoms. The van der Waals surface area contributed by atoms with Crippen molar-refractivity contribution in [3.63, 3.8) is 0 Å². The highest BCUT2D eigenvalue weighted by atomic mass is 32.2. The van der Waals surface area contributed by atoms with Gasteiger partial charge in [0.25, 0.3) is 0 Å². The smallest absolute Gasteiger partial charge is 0.181 e. The molecular weight excluding hydrogens is 214 g/mol. The van der Waals surface area contributed by atoms with E-state index in [1.54, 1.807) is 0 Å². The zero-order valence-corrected chi connectivity index (χ0v) is 8.83. The number of nitrogen functional groups attached to an aromatic ring is 1. The Kier molecular flexibility index (Phi) is 2.26. The van der Waals surface area contributed by atoms with Crippen molar-refractivity contribution in [1.82, 2.24) is 0 Å². The summed E-state index contributed by atoms with van der Waals surface area (Å²) in [5.41, 5.74) is 6.09. The molecule has 1 aromatic rings. The second-order valence-electron chi connectivity index (χ2n) is 3.65. The third kappa shape index (κ3) is 1.74. The summed E-state index contributed by atoms with van der Waals surface area (Å²) >= 11 is 0. The summed E-state index contributed by atoms with van der Waals surface area (Å²) in [5, 5.41) is -0.251. The van der Waals surface area contributed by atoms with Crippen molar-refractivity contribution in [3.05, 3.63) is 23.8 Å². The second kappa shape index (κ2) is 3.34. The molecule has 0 spiro atoms. The van der Waals surface area contributed by atoms with Crippen LogP contribution in [-0.4, -0.2) is 20.0 Å². The zero-order valence-electron chi connectivity index (χ0n) is 8.01. The summed E-state index contributed by atoms with van der Waals surface area (Å²) in [6.07, 6.45) is 2.05. The van der Waals surface area contributed by atoms with Gasteiger partial charge in [-0.2, -0.15) is 0 Å². The molecule has 0 aromatic heterocycles. The molecule has 4 nitrogen and oxygen atoms in total. The number of carbonyl (C=O) groups is 1. The maximum atomic E-state index is 11.8. The summed E-state index contributed by atoms with van der Waals surface area (Å²) in [5.74, 6) is 0. The number of rotatable bonds is 3. The van der Waals surface area contributed by atoms with E-state index in [9.17, 15) is 13.2 Å². The van der Waals surface area contributed by atoms with Crippen molar-refractivity contribution in [3.8, 4) is 0 Å². The summed E-state index contributed by atoms with van der Waals surface area (Å²) in [7, 11) is -3.21. The zero-order chi connectivity index (χ0) is 11.1. The molecule has 80 valence electrons. The highest BCUT2D eigenvalue weighted by Crippen LogP contribution is 2.34. The van der Waals surface area contributed by atoms with Gasteiger partial charge in [-0.05, 0) is 31.0 Å². The van der Waals surface area contributed by atoms with Crippen LogP contribution in [0, 0.1) is 0 Å². The van der Waals surface area contributed by atoms with Gasteiger partial charge in [0, 0.05) is 11.3 Å². The first-order valence-corrected chi connectivity index (χ1v) is 6.19. The van der Waals surface area contributed by atoms with Gasteiger partial charge < -0.3 is 5.73 Å². The SMILES string of the molecule is Nc1cc(S(=O)(=O)C2CC2)ccc1C=O. The van der Waals surface area contributed by atoms with E-state index in [1.165, 1.54) is 18.2 Å². The van der Waals surface area contributed by atoms with Crippen LogP contribution in [0.3, 0.4) is 0 Å². The highest BCUT2D eigenvalue weighted by Gasteiger charge is 2.36. The molecule has 1 aliphatic carbocycles. The van der Waals surface area contributed by atoms with Crippen molar-refractivity contribution in [2.24, 2.45) is 0 Å². The van der Waals surface area contributed by atoms with Crippen LogP contribution in [0.2, 0.25) is 0 Å². The predicted molar refractivity (Wildman–Crippen MR) is 56.4 cm³/mol. The average molecular weight is 225 g/mol. The molecule has 0 amide bonds. The van der Waals surface area contributed by atoms with Crippen LogP contribution in [0.1, 0.15) is 23.2 Å². The lowest BCUT2D eigenvalue weighted by Crippen LogP contribution is -2.08. The van der Waals surface area contributed by atoms with Gasteiger partial charge in [-0.15, -0.1) is 0 Å². The first kappa shape index (κ1) is 10.2. The largest absolute Gasteiger partial charge is 0.398 e. The number of hydrogen-bond acceptors (Lipinski definition) is 4. The Morgan fingerprint density at radius 1 is 1.33 bits per heavy atom. The molecule has 0 radical (unpaired) electrons. The lowest BCUT2D eigenvalue weighted by atomic mass is 10.2. The fourth-order valence-corrected chi connectivity index (χ4v) is 3.10. The van der Waals surface area contributed by atoms with Crippen molar-refractivity contribution in [1.29, 1.82) is 0 Å². The van der Waals surface area contributed by atoms with Gasteiger partial charge in [-0.3, -0.25) is 4.79 Å². The van der Waals surface area contributed by atoms with Crippen molar-refractivity contribution in [2.75, 3.05) is 5.73 Å². The van der Waals surface area contributed by atoms with Gasteiger partial charge in [0.15, 0.2) is 16.1 Å². The Balaban J connectivity index is 2.46. The first-order chi connectivity index (χ1) is 7.05. The normalized spacial score (nSPS) is 16.3. The lowest BCUT2D eigenvalue weighted by molar-refractivity contribution is 0.112. The van der Waals surface area contributed by atoms with Crippen molar-refractivity contribution >= 4 is 21.8 Å². The Bertz CT molecular complexity index is 503. The third-order valence-electron chi connectivity index (χ3n) is 2.48. The fraction of sp³-hybridized carbons (Fsp3) is 0.300. The molecule has 0 saturated heterocycles. The summed E-state index contributed by atoms with van der Waals surface area (Å²) in [4.78, 5) is 10.7. The highest BCUT2D eigenvalue weighted by molar-refractivity contribution is 7.92. The number of nitrogens with two attached hydrogens (primary N) is 1. The summed E-state index contributed by atoms with van der Waals surface area (Å²) in [6.45, 7) is 0. The molecule has 0 aliphatic heterocycles. The van der Waals surface area contributed by atoms with E-state index >= 15 is 0 Å². The van der Waals surface area contributed by atoms with Crippen LogP contribution in [0.15, 0.2) is 23.1 Å². The Morgan fingerprint density at radius 2 is 2.00 bits per heavy atom. The van der Waals surface area contributed by atoms with E-state index in [0.29, 0.717) is 11.8 Å². The molecule has 1 saturated carbocycles. The van der Waals surface area contributed by atoms with Gasteiger partial charge >= 0.3 is 0 Å². The Labute approximate surface area is 88.0 Å². The maximum absolute atomic E-state index is 11.8. The predicted octanol–water partition coefficient (Wildman–Crippen LogP) is 1.02. The molecule has 1 aliphatic rings. The minimum absolute atomic E-state index is 0.215. The molecule has 1 fully saturated rings. The second-order valence-corrected chi connectivity index (χ2v) is 5.88. The molecule has 0 unspecified atom stereocenters. The van der Waals surface area contributed by atoms with Crippen LogP contribution in [0.4, 0.5) is 5.69 Å². The molecule has 0 bridgehead atoms. The quantitative estimate of drug-likeness (QED) is 0.615. The number of anilines is 1. The molecule has 2 N–H and O–H groups in total. The van der Waals surface area contributed by atoms with E-state index in [2.05, 4.69) is 0 Å². The topological polar surface area (TPSA) is 77.2 Å². The molecule has 0 atom stereocenters. The molecule has 2 rings (SSSR count). The first-order valence-electron chi connectivity index (χ1n) is 4.64. The van der Waals surface area contributed by atoms with Crippen LogP contribution >= 0.6 is 0 Å².